The largest absolute Gasteiger partial charge is 0.469 e. The number of hydrogen-bond acceptors (Lipinski definition) is 5. The van der Waals surface area contributed by atoms with Crippen molar-refractivity contribution in [3.63, 3.8) is 0 Å². The van der Waals surface area contributed by atoms with Crippen molar-refractivity contribution in [2.45, 2.75) is 58.3 Å². The highest BCUT2D eigenvalue weighted by molar-refractivity contribution is 5.74. The Hall–Kier alpha value is -2.44. The number of amides is 2. The molecule has 0 spiro atoms. The van der Waals surface area contributed by atoms with Crippen LogP contribution in [0, 0.1) is 0 Å². The first-order valence-corrected chi connectivity index (χ1v) is 8.05. The highest BCUT2D eigenvalue weighted by Gasteiger charge is 2.37. The zero-order valence-corrected chi connectivity index (χ0v) is 14.4. The maximum absolute atomic E-state index is 12.5. The lowest BCUT2D eigenvalue weighted by atomic mass is 10.0. The second-order valence-corrected chi connectivity index (χ2v) is 6.14. The Labute approximate surface area is 141 Å². The van der Waals surface area contributed by atoms with Crippen LogP contribution in [-0.4, -0.2) is 35.4 Å². The normalized spacial score (nSPS) is 19.6. The van der Waals surface area contributed by atoms with Gasteiger partial charge in [-0.3, -0.25) is 0 Å². The monoisotopic (exact) mass is 336 g/mol. The number of hydrazine groups is 1. The molecule has 1 aliphatic carbocycles. The van der Waals surface area contributed by atoms with E-state index in [-0.39, 0.29) is 24.2 Å². The van der Waals surface area contributed by atoms with Crippen LogP contribution in [0.4, 0.5) is 9.59 Å². The molecule has 0 radical (unpaired) electrons. The van der Waals surface area contributed by atoms with Gasteiger partial charge in [0, 0.05) is 0 Å². The average Bonchev–Trinajstić information content (AvgIpc) is 3.13. The van der Waals surface area contributed by atoms with Crippen LogP contribution in [0.5, 0.6) is 0 Å². The molecule has 0 bridgehead atoms. The van der Waals surface area contributed by atoms with Crippen LogP contribution in [0.15, 0.2) is 35.0 Å². The minimum Gasteiger partial charge on any atom is -0.469 e. The minimum absolute atomic E-state index is 0.168. The lowest BCUT2D eigenvalue weighted by molar-refractivity contribution is 0.0296. The van der Waals surface area contributed by atoms with Gasteiger partial charge in [-0.1, -0.05) is 12.2 Å². The molecule has 0 saturated heterocycles. The second kappa shape index (κ2) is 7.90. The van der Waals surface area contributed by atoms with E-state index in [4.69, 9.17) is 13.9 Å². The Morgan fingerprint density at radius 1 is 1.25 bits per heavy atom. The maximum atomic E-state index is 12.5. The van der Waals surface area contributed by atoms with Crippen LogP contribution >= 0.6 is 0 Å². The summed E-state index contributed by atoms with van der Waals surface area (Å²) < 4.78 is 15.8. The first-order chi connectivity index (χ1) is 11.4. The molecule has 7 nitrogen and oxygen atoms in total. The number of nitrogens with one attached hydrogen (secondary N) is 1. The summed E-state index contributed by atoms with van der Waals surface area (Å²) in [6.07, 6.45) is 4.12. The highest BCUT2D eigenvalue weighted by Crippen LogP contribution is 2.32. The van der Waals surface area contributed by atoms with Crippen LogP contribution in [0.1, 0.15) is 45.8 Å². The molecule has 0 aliphatic heterocycles. The summed E-state index contributed by atoms with van der Waals surface area (Å²) in [6.45, 7) is 6.97. The SMILES string of the molecule is CC(C)OC(=O)NN(C(=O)OC(C)C)[C@H]1CC=C[C@@H]1c1ccco1. The molecule has 132 valence electrons. The number of nitrogens with zero attached hydrogens (tertiary/aromatic N) is 1. The Bertz CT molecular complexity index is 580. The molecule has 0 fully saturated rings. The third-order valence-electron chi connectivity index (χ3n) is 3.43. The summed E-state index contributed by atoms with van der Waals surface area (Å²) in [4.78, 5) is 24.4. The lowest BCUT2D eigenvalue weighted by Crippen LogP contribution is -2.53. The third kappa shape index (κ3) is 4.53. The lowest BCUT2D eigenvalue weighted by Gasteiger charge is -2.32. The fourth-order valence-corrected chi connectivity index (χ4v) is 2.53. The molecule has 0 aromatic carbocycles. The van der Waals surface area contributed by atoms with E-state index in [2.05, 4.69) is 5.43 Å². The number of rotatable bonds is 4. The van der Waals surface area contributed by atoms with Crippen LogP contribution in [-0.2, 0) is 9.47 Å². The summed E-state index contributed by atoms with van der Waals surface area (Å²) >= 11 is 0. The Kier molecular flexibility index (Phi) is 5.89. The quantitative estimate of drug-likeness (QED) is 0.671. The Morgan fingerprint density at radius 2 is 1.96 bits per heavy atom. The van der Waals surface area contributed by atoms with Gasteiger partial charge in [-0.25, -0.2) is 20.0 Å². The number of ether oxygens (including phenoxy) is 2. The number of carbonyl (C=O) groups is 2. The van der Waals surface area contributed by atoms with Gasteiger partial charge in [0.25, 0.3) is 0 Å². The molecule has 1 aliphatic rings. The predicted molar refractivity (Wildman–Crippen MR) is 87.2 cm³/mol. The van der Waals surface area contributed by atoms with Gasteiger partial charge in [0.2, 0.25) is 0 Å². The van der Waals surface area contributed by atoms with Crippen LogP contribution in [0.3, 0.4) is 0 Å². The molecular formula is C17H24N2O5. The molecule has 2 atom stereocenters. The average molecular weight is 336 g/mol. The van der Waals surface area contributed by atoms with E-state index in [1.54, 1.807) is 40.0 Å². The third-order valence-corrected chi connectivity index (χ3v) is 3.43. The molecule has 7 heteroatoms. The van der Waals surface area contributed by atoms with Crippen molar-refractivity contribution in [2.75, 3.05) is 0 Å². The van der Waals surface area contributed by atoms with E-state index in [1.165, 1.54) is 5.01 Å². The molecule has 2 amide bonds. The first kappa shape index (κ1) is 17.9. The van der Waals surface area contributed by atoms with Crippen LogP contribution in [0.2, 0.25) is 0 Å². The van der Waals surface area contributed by atoms with E-state index >= 15 is 0 Å². The second-order valence-electron chi connectivity index (χ2n) is 6.14. The van der Waals surface area contributed by atoms with Crippen molar-refractivity contribution >= 4 is 12.2 Å². The van der Waals surface area contributed by atoms with Gasteiger partial charge in [-0.2, -0.15) is 0 Å². The van der Waals surface area contributed by atoms with Gasteiger partial charge < -0.3 is 13.9 Å². The van der Waals surface area contributed by atoms with E-state index in [9.17, 15) is 9.59 Å². The number of carbonyl (C=O) groups excluding carboxylic acids is 2. The fourth-order valence-electron chi connectivity index (χ4n) is 2.53. The molecule has 1 aromatic rings. The van der Waals surface area contributed by atoms with Crippen molar-refractivity contribution in [1.29, 1.82) is 0 Å². The number of hydrogen-bond donors (Lipinski definition) is 1. The topological polar surface area (TPSA) is 81.0 Å². The zero-order valence-electron chi connectivity index (χ0n) is 14.4. The number of furan rings is 1. The molecule has 1 N–H and O–H groups in total. The van der Waals surface area contributed by atoms with E-state index < -0.39 is 12.2 Å². The Morgan fingerprint density at radius 3 is 2.54 bits per heavy atom. The smallest absolute Gasteiger partial charge is 0.429 e. The molecule has 1 heterocycles. The standard InChI is InChI=1S/C17H24N2O5/c1-11(2)23-16(20)18-19(17(21)24-12(3)4)14-8-5-7-13(14)15-9-6-10-22-15/h5-7,9-14H,8H2,1-4H3,(H,18,20)/t13-,14-/m0/s1. The predicted octanol–water partition coefficient (Wildman–Crippen LogP) is 3.59. The molecular weight excluding hydrogens is 312 g/mol. The van der Waals surface area contributed by atoms with Gasteiger partial charge in [-0.15, -0.1) is 0 Å². The van der Waals surface area contributed by atoms with Crippen molar-refractivity contribution in [3.05, 3.63) is 36.3 Å². The van der Waals surface area contributed by atoms with Crippen molar-refractivity contribution in [1.82, 2.24) is 10.4 Å². The molecule has 0 unspecified atom stereocenters. The van der Waals surface area contributed by atoms with Gasteiger partial charge in [0.1, 0.15) is 5.76 Å². The van der Waals surface area contributed by atoms with E-state index in [0.29, 0.717) is 6.42 Å². The summed E-state index contributed by atoms with van der Waals surface area (Å²) in [5.41, 5.74) is 2.50. The molecule has 2 rings (SSSR count). The van der Waals surface area contributed by atoms with Crippen LogP contribution in [0.25, 0.3) is 0 Å². The minimum atomic E-state index is -0.698. The van der Waals surface area contributed by atoms with E-state index in [1.807, 2.05) is 18.2 Å². The van der Waals surface area contributed by atoms with Crippen molar-refractivity contribution < 1.29 is 23.5 Å². The van der Waals surface area contributed by atoms with Gasteiger partial charge >= 0.3 is 12.2 Å². The maximum Gasteiger partial charge on any atom is 0.429 e. The summed E-state index contributed by atoms with van der Waals surface area (Å²) in [6, 6.07) is 3.28. The fraction of sp³-hybridized carbons (Fsp3) is 0.529. The van der Waals surface area contributed by atoms with Gasteiger partial charge in [0.15, 0.2) is 0 Å². The van der Waals surface area contributed by atoms with Gasteiger partial charge in [0.05, 0.1) is 30.4 Å². The molecule has 24 heavy (non-hydrogen) atoms. The van der Waals surface area contributed by atoms with Crippen molar-refractivity contribution in [2.24, 2.45) is 0 Å². The van der Waals surface area contributed by atoms with Gasteiger partial charge in [-0.05, 0) is 46.2 Å². The summed E-state index contributed by atoms with van der Waals surface area (Å²) in [5, 5.41) is 1.19. The molecule has 0 saturated carbocycles. The van der Waals surface area contributed by atoms with E-state index in [0.717, 1.165) is 5.76 Å². The first-order valence-electron chi connectivity index (χ1n) is 8.05. The van der Waals surface area contributed by atoms with Crippen molar-refractivity contribution in [3.8, 4) is 0 Å². The Balaban J connectivity index is 2.18. The molecule has 1 aromatic heterocycles. The summed E-state index contributed by atoms with van der Waals surface area (Å²) in [5.74, 6) is 0.550. The van der Waals surface area contributed by atoms with Crippen LogP contribution < -0.4 is 5.43 Å². The highest BCUT2D eigenvalue weighted by atomic mass is 16.6. The summed E-state index contributed by atoms with van der Waals surface area (Å²) in [7, 11) is 0. The zero-order chi connectivity index (χ0) is 17.7.